The molecule has 0 heterocycles. The normalized spacial score (nSPS) is 19.0. The Bertz CT molecular complexity index is 505. The van der Waals surface area contributed by atoms with Gasteiger partial charge < -0.3 is 5.11 Å². The summed E-state index contributed by atoms with van der Waals surface area (Å²) in [5, 5.41) is 10.8. The summed E-state index contributed by atoms with van der Waals surface area (Å²) in [6.45, 7) is 4.31. The number of rotatable bonds is 6. The Balaban J connectivity index is 2.41. The first-order valence-electron chi connectivity index (χ1n) is 7.59. The van der Waals surface area contributed by atoms with E-state index >= 15 is 0 Å². The molecule has 21 heavy (non-hydrogen) atoms. The second-order valence-electron chi connectivity index (χ2n) is 6.34. The Labute approximate surface area is 136 Å². The van der Waals surface area contributed by atoms with Gasteiger partial charge in [0.1, 0.15) is 0 Å². The van der Waals surface area contributed by atoms with Crippen molar-refractivity contribution in [2.45, 2.75) is 57.8 Å². The molecule has 1 saturated carbocycles. The Morgan fingerprint density at radius 2 is 1.62 bits per heavy atom. The number of aliphatic carboxylic acids is 1. The molecular weight excluding hydrogens is 307 g/mol. The van der Waals surface area contributed by atoms with E-state index in [0.29, 0.717) is 28.5 Å². The van der Waals surface area contributed by atoms with Crippen LogP contribution in [0.25, 0.3) is 0 Å². The first-order chi connectivity index (χ1) is 9.91. The van der Waals surface area contributed by atoms with E-state index in [1.807, 2.05) is 0 Å². The SMILES string of the molecule is CCCC1(CCC)CC(C(=O)O)(c2c(Cl)cccc2Cl)C1. The zero-order chi connectivity index (χ0) is 15.7. The van der Waals surface area contributed by atoms with Gasteiger partial charge in [0.15, 0.2) is 0 Å². The molecule has 1 N–H and O–H groups in total. The van der Waals surface area contributed by atoms with Crippen LogP contribution < -0.4 is 0 Å². The van der Waals surface area contributed by atoms with E-state index in [4.69, 9.17) is 23.2 Å². The van der Waals surface area contributed by atoms with Crippen molar-refractivity contribution in [3.8, 4) is 0 Å². The highest BCUT2D eigenvalue weighted by molar-refractivity contribution is 6.36. The fourth-order valence-corrected chi connectivity index (χ4v) is 4.92. The van der Waals surface area contributed by atoms with Crippen molar-refractivity contribution in [2.75, 3.05) is 0 Å². The van der Waals surface area contributed by atoms with Crippen molar-refractivity contribution >= 4 is 29.2 Å². The summed E-state index contributed by atoms with van der Waals surface area (Å²) in [6, 6.07) is 5.22. The fraction of sp³-hybridized carbons (Fsp3) is 0.588. The minimum absolute atomic E-state index is 0.129. The van der Waals surface area contributed by atoms with Crippen molar-refractivity contribution in [1.29, 1.82) is 0 Å². The molecular formula is C17H22Cl2O2. The van der Waals surface area contributed by atoms with Gasteiger partial charge in [0, 0.05) is 15.6 Å². The van der Waals surface area contributed by atoms with Crippen LogP contribution in [0.1, 0.15) is 57.9 Å². The monoisotopic (exact) mass is 328 g/mol. The zero-order valence-electron chi connectivity index (χ0n) is 12.6. The summed E-state index contributed by atoms with van der Waals surface area (Å²) in [4.78, 5) is 12.0. The van der Waals surface area contributed by atoms with E-state index in [1.54, 1.807) is 18.2 Å². The van der Waals surface area contributed by atoms with E-state index in [0.717, 1.165) is 25.7 Å². The van der Waals surface area contributed by atoms with Crippen molar-refractivity contribution in [2.24, 2.45) is 5.41 Å². The van der Waals surface area contributed by atoms with E-state index < -0.39 is 11.4 Å². The molecule has 0 unspecified atom stereocenters. The molecule has 0 atom stereocenters. The second kappa shape index (κ2) is 6.18. The van der Waals surface area contributed by atoms with Gasteiger partial charge in [-0.15, -0.1) is 0 Å². The summed E-state index contributed by atoms with van der Waals surface area (Å²) in [7, 11) is 0. The van der Waals surface area contributed by atoms with E-state index in [2.05, 4.69) is 13.8 Å². The number of carboxylic acid groups (broad SMARTS) is 1. The molecule has 1 aromatic rings. The van der Waals surface area contributed by atoms with Crippen molar-refractivity contribution in [1.82, 2.24) is 0 Å². The van der Waals surface area contributed by atoms with Crippen LogP contribution in [0.5, 0.6) is 0 Å². The lowest BCUT2D eigenvalue weighted by molar-refractivity contribution is -0.155. The molecule has 4 heteroatoms. The van der Waals surface area contributed by atoms with Gasteiger partial charge in [-0.3, -0.25) is 4.79 Å². The lowest BCUT2D eigenvalue weighted by Gasteiger charge is -2.55. The van der Waals surface area contributed by atoms with Crippen molar-refractivity contribution in [3.63, 3.8) is 0 Å². The maximum Gasteiger partial charge on any atom is 0.314 e. The molecule has 0 saturated heterocycles. The molecule has 1 aliphatic rings. The number of carboxylic acids is 1. The van der Waals surface area contributed by atoms with Crippen LogP contribution in [-0.4, -0.2) is 11.1 Å². The molecule has 0 aromatic heterocycles. The minimum Gasteiger partial charge on any atom is -0.481 e. The average Bonchev–Trinajstić information content (AvgIpc) is 2.36. The summed E-state index contributed by atoms with van der Waals surface area (Å²) in [6.07, 6.45) is 5.56. The van der Waals surface area contributed by atoms with Gasteiger partial charge in [-0.1, -0.05) is 56.0 Å². The van der Waals surface area contributed by atoms with Crippen molar-refractivity contribution in [3.05, 3.63) is 33.8 Å². The zero-order valence-corrected chi connectivity index (χ0v) is 14.1. The third-order valence-electron chi connectivity index (χ3n) is 4.76. The van der Waals surface area contributed by atoms with Gasteiger partial charge >= 0.3 is 5.97 Å². The molecule has 1 aliphatic carbocycles. The van der Waals surface area contributed by atoms with E-state index in [1.165, 1.54) is 0 Å². The first-order valence-corrected chi connectivity index (χ1v) is 8.34. The van der Waals surface area contributed by atoms with Gasteiger partial charge in [0.05, 0.1) is 5.41 Å². The maximum absolute atomic E-state index is 12.0. The van der Waals surface area contributed by atoms with Gasteiger partial charge in [-0.05, 0) is 43.2 Å². The third-order valence-corrected chi connectivity index (χ3v) is 5.39. The summed E-state index contributed by atoms with van der Waals surface area (Å²) < 4.78 is 0. The highest BCUT2D eigenvalue weighted by atomic mass is 35.5. The molecule has 2 rings (SSSR count). The number of hydrogen-bond acceptors (Lipinski definition) is 1. The highest BCUT2D eigenvalue weighted by Gasteiger charge is 2.60. The first kappa shape index (κ1) is 16.6. The van der Waals surface area contributed by atoms with Gasteiger partial charge in [0.25, 0.3) is 0 Å². The minimum atomic E-state index is -0.917. The van der Waals surface area contributed by atoms with Gasteiger partial charge in [-0.2, -0.15) is 0 Å². The van der Waals surface area contributed by atoms with Crippen LogP contribution in [0.2, 0.25) is 10.0 Å². The number of halogens is 2. The Hall–Kier alpha value is -0.730. The number of hydrogen-bond donors (Lipinski definition) is 1. The van der Waals surface area contributed by atoms with Gasteiger partial charge in [0.2, 0.25) is 0 Å². The molecule has 0 aliphatic heterocycles. The predicted molar refractivity (Wildman–Crippen MR) is 87.3 cm³/mol. The Morgan fingerprint density at radius 1 is 1.14 bits per heavy atom. The molecule has 0 amide bonds. The predicted octanol–water partition coefficient (Wildman–Crippen LogP) is 5.70. The molecule has 0 spiro atoms. The number of carbonyl (C=O) groups is 1. The third kappa shape index (κ3) is 2.80. The summed E-state index contributed by atoms with van der Waals surface area (Å²) >= 11 is 12.5. The topological polar surface area (TPSA) is 37.3 Å². The summed E-state index contributed by atoms with van der Waals surface area (Å²) in [5.41, 5.74) is -0.187. The largest absolute Gasteiger partial charge is 0.481 e. The molecule has 1 fully saturated rings. The molecule has 2 nitrogen and oxygen atoms in total. The second-order valence-corrected chi connectivity index (χ2v) is 7.15. The van der Waals surface area contributed by atoms with Gasteiger partial charge in [-0.25, -0.2) is 0 Å². The lowest BCUT2D eigenvalue weighted by atomic mass is 9.48. The van der Waals surface area contributed by atoms with Crippen LogP contribution in [0.3, 0.4) is 0 Å². The molecule has 1 aromatic carbocycles. The molecule has 0 bridgehead atoms. The van der Waals surface area contributed by atoms with Crippen LogP contribution in [-0.2, 0) is 10.2 Å². The smallest absolute Gasteiger partial charge is 0.314 e. The molecule has 116 valence electrons. The Kier molecular flexibility index (Phi) is 4.89. The highest BCUT2D eigenvalue weighted by Crippen LogP contribution is 2.62. The van der Waals surface area contributed by atoms with Crippen molar-refractivity contribution < 1.29 is 9.90 Å². The van der Waals surface area contributed by atoms with E-state index in [9.17, 15) is 9.90 Å². The molecule has 0 radical (unpaired) electrons. The fourth-order valence-electron chi connectivity index (χ4n) is 4.16. The van der Waals surface area contributed by atoms with Crippen LogP contribution in [0.4, 0.5) is 0 Å². The lowest BCUT2D eigenvalue weighted by Crippen LogP contribution is -2.54. The Morgan fingerprint density at radius 3 is 2.00 bits per heavy atom. The average molecular weight is 329 g/mol. The van der Waals surface area contributed by atoms with Crippen LogP contribution in [0, 0.1) is 5.41 Å². The van der Waals surface area contributed by atoms with E-state index in [-0.39, 0.29) is 5.41 Å². The standard InChI is InChI=1S/C17H22Cl2O2/c1-3-8-16(9-4-2)10-17(11-16,15(20)21)14-12(18)6-5-7-13(14)19/h5-7H,3-4,8-11H2,1-2H3,(H,20,21). The maximum atomic E-state index is 12.0. The van der Waals surface area contributed by atoms with Crippen LogP contribution in [0.15, 0.2) is 18.2 Å². The number of benzene rings is 1. The van der Waals surface area contributed by atoms with Crippen LogP contribution >= 0.6 is 23.2 Å². The quantitative estimate of drug-likeness (QED) is 0.727. The summed E-state index contributed by atoms with van der Waals surface area (Å²) in [5.74, 6) is -0.805.